The van der Waals surface area contributed by atoms with Crippen molar-refractivity contribution in [3.05, 3.63) is 0 Å². The molecule has 0 aromatic rings. The van der Waals surface area contributed by atoms with Gasteiger partial charge in [0.25, 0.3) is 0 Å². The first-order chi connectivity index (χ1) is 6.24. The first-order valence-electron chi connectivity index (χ1n) is 4.39. The lowest BCUT2D eigenvalue weighted by molar-refractivity contribution is -0.117. The van der Waals surface area contributed by atoms with E-state index in [0.29, 0.717) is 0 Å². The van der Waals surface area contributed by atoms with Gasteiger partial charge < -0.3 is 19.8 Å². The lowest BCUT2D eigenvalue weighted by atomic mass is 9.98. The maximum Gasteiger partial charge on any atom is 0.127 e. The molecule has 0 aromatic carbocycles. The average molecular weight is 204 g/mol. The van der Waals surface area contributed by atoms with E-state index in [9.17, 15) is 9.59 Å². The molecule has 4 heteroatoms. The smallest absolute Gasteiger partial charge is 0.127 e. The van der Waals surface area contributed by atoms with E-state index in [4.69, 9.17) is 10.2 Å². The Labute approximate surface area is 84.9 Å². The molecule has 84 valence electrons. The van der Waals surface area contributed by atoms with Crippen LogP contribution in [0.1, 0.15) is 27.7 Å². The zero-order chi connectivity index (χ0) is 11.8. The van der Waals surface area contributed by atoms with Gasteiger partial charge in [0.2, 0.25) is 0 Å². The predicted octanol–water partition coefficient (Wildman–Crippen LogP) is 0.408. The molecule has 0 saturated heterocycles. The fourth-order valence-corrected chi connectivity index (χ4v) is 0.0745. The first kappa shape index (κ1) is 15.7. The first-order valence-corrected chi connectivity index (χ1v) is 4.39. The molecular weight excluding hydrogens is 184 g/mol. The highest BCUT2D eigenvalue weighted by molar-refractivity contribution is 5.58. The fourth-order valence-electron chi connectivity index (χ4n) is 0.0745. The number of aliphatic hydroxyl groups is 2. The molecule has 0 spiro atoms. The van der Waals surface area contributed by atoms with Crippen LogP contribution in [0.2, 0.25) is 0 Å². The minimum Gasteiger partial charge on any atom is -0.395 e. The lowest BCUT2D eigenvalue weighted by Gasteiger charge is -2.09. The zero-order valence-electron chi connectivity index (χ0n) is 9.28. The summed E-state index contributed by atoms with van der Waals surface area (Å²) in [6.07, 6.45) is 1.49. The molecular formula is C10H20O4. The van der Waals surface area contributed by atoms with Crippen LogP contribution in [0.15, 0.2) is 0 Å². The van der Waals surface area contributed by atoms with Gasteiger partial charge in [0, 0.05) is 10.8 Å². The van der Waals surface area contributed by atoms with Gasteiger partial charge in [-0.15, -0.1) is 0 Å². The van der Waals surface area contributed by atoms with Crippen LogP contribution in [0, 0.1) is 10.8 Å². The summed E-state index contributed by atoms with van der Waals surface area (Å²) in [6, 6.07) is 0. The van der Waals surface area contributed by atoms with Gasteiger partial charge in [-0.2, -0.15) is 0 Å². The van der Waals surface area contributed by atoms with Gasteiger partial charge in [-0.3, -0.25) is 0 Å². The summed E-state index contributed by atoms with van der Waals surface area (Å²) in [5, 5.41) is 16.7. The molecule has 2 N–H and O–H groups in total. The SMILES string of the molecule is CC(C)(C=O)CO.CC(C)(C=O)CO. The van der Waals surface area contributed by atoms with Crippen LogP contribution in [0.25, 0.3) is 0 Å². The highest BCUT2D eigenvalue weighted by Crippen LogP contribution is 2.07. The second-order valence-electron chi connectivity index (χ2n) is 4.53. The van der Waals surface area contributed by atoms with Crippen molar-refractivity contribution in [3.63, 3.8) is 0 Å². The van der Waals surface area contributed by atoms with Gasteiger partial charge in [0.05, 0.1) is 13.2 Å². The summed E-state index contributed by atoms with van der Waals surface area (Å²) in [5.41, 5.74) is -1.08. The Bertz CT molecular complexity index is 153. The molecule has 0 saturated carbocycles. The summed E-state index contributed by atoms with van der Waals surface area (Å²) in [5.74, 6) is 0. The number of carbonyl (C=O) groups excluding carboxylic acids is 2. The van der Waals surface area contributed by atoms with E-state index in [0.717, 1.165) is 12.6 Å². The monoisotopic (exact) mass is 204 g/mol. The van der Waals surface area contributed by atoms with Gasteiger partial charge in [-0.05, 0) is 0 Å². The molecule has 0 heterocycles. The molecule has 0 aliphatic rings. The van der Waals surface area contributed by atoms with Crippen LogP contribution in [0.3, 0.4) is 0 Å². The molecule has 0 bridgehead atoms. The second kappa shape index (κ2) is 6.68. The predicted molar refractivity (Wildman–Crippen MR) is 53.9 cm³/mol. The largest absolute Gasteiger partial charge is 0.395 e. The third-order valence-electron chi connectivity index (χ3n) is 1.45. The Hall–Kier alpha value is -0.740. The minimum atomic E-state index is -0.542. The second-order valence-corrected chi connectivity index (χ2v) is 4.53. The number of hydrogen-bond donors (Lipinski definition) is 2. The van der Waals surface area contributed by atoms with E-state index in [1.807, 2.05) is 0 Å². The minimum absolute atomic E-state index is 0.0729. The van der Waals surface area contributed by atoms with Gasteiger partial charge in [0.1, 0.15) is 12.6 Å². The van der Waals surface area contributed by atoms with E-state index in [1.165, 1.54) is 0 Å². The summed E-state index contributed by atoms with van der Waals surface area (Å²) < 4.78 is 0. The zero-order valence-corrected chi connectivity index (χ0v) is 9.28. The van der Waals surface area contributed by atoms with Crippen LogP contribution in [-0.4, -0.2) is 36.0 Å². The van der Waals surface area contributed by atoms with Gasteiger partial charge in [-0.25, -0.2) is 0 Å². The van der Waals surface area contributed by atoms with Crippen LogP contribution in [0.5, 0.6) is 0 Å². The molecule has 0 aliphatic heterocycles. The number of aliphatic hydroxyl groups excluding tert-OH is 2. The maximum absolute atomic E-state index is 9.90. The van der Waals surface area contributed by atoms with Gasteiger partial charge >= 0.3 is 0 Å². The Kier molecular flexibility index (Phi) is 7.50. The quantitative estimate of drug-likeness (QED) is 0.650. The van der Waals surface area contributed by atoms with E-state index >= 15 is 0 Å². The van der Waals surface area contributed by atoms with Crippen LogP contribution < -0.4 is 0 Å². The van der Waals surface area contributed by atoms with Crippen LogP contribution in [-0.2, 0) is 9.59 Å². The molecule has 0 aliphatic carbocycles. The van der Waals surface area contributed by atoms with Crippen LogP contribution in [0.4, 0.5) is 0 Å². The van der Waals surface area contributed by atoms with E-state index in [-0.39, 0.29) is 13.2 Å². The van der Waals surface area contributed by atoms with Crippen molar-refractivity contribution in [2.75, 3.05) is 13.2 Å². The summed E-state index contributed by atoms with van der Waals surface area (Å²) in [4.78, 5) is 19.8. The number of aldehydes is 2. The van der Waals surface area contributed by atoms with E-state index in [1.54, 1.807) is 27.7 Å². The lowest BCUT2D eigenvalue weighted by Crippen LogP contribution is -2.17. The summed E-state index contributed by atoms with van der Waals surface area (Å²) in [6.45, 7) is 6.58. The number of carbonyl (C=O) groups is 2. The van der Waals surface area contributed by atoms with Gasteiger partial charge in [-0.1, -0.05) is 27.7 Å². The molecule has 0 amide bonds. The topological polar surface area (TPSA) is 74.6 Å². The fraction of sp³-hybridized carbons (Fsp3) is 0.800. The average Bonchev–Trinajstić information content (AvgIpc) is 2.19. The van der Waals surface area contributed by atoms with Crippen molar-refractivity contribution in [1.29, 1.82) is 0 Å². The van der Waals surface area contributed by atoms with Gasteiger partial charge in [0.15, 0.2) is 0 Å². The van der Waals surface area contributed by atoms with Crippen molar-refractivity contribution in [2.45, 2.75) is 27.7 Å². The Morgan fingerprint density at radius 3 is 1.07 bits per heavy atom. The van der Waals surface area contributed by atoms with E-state index < -0.39 is 10.8 Å². The Morgan fingerprint density at radius 2 is 1.07 bits per heavy atom. The molecule has 0 atom stereocenters. The third kappa shape index (κ3) is 9.35. The van der Waals surface area contributed by atoms with Crippen LogP contribution >= 0.6 is 0 Å². The number of rotatable bonds is 4. The molecule has 0 aromatic heterocycles. The maximum atomic E-state index is 9.90. The Balaban J connectivity index is 0. The molecule has 4 nitrogen and oxygen atoms in total. The highest BCUT2D eigenvalue weighted by atomic mass is 16.3. The molecule has 0 unspecified atom stereocenters. The highest BCUT2D eigenvalue weighted by Gasteiger charge is 2.13. The summed E-state index contributed by atoms with van der Waals surface area (Å²) >= 11 is 0. The van der Waals surface area contributed by atoms with Crippen molar-refractivity contribution < 1.29 is 19.8 Å². The Morgan fingerprint density at radius 1 is 0.857 bits per heavy atom. The molecule has 14 heavy (non-hydrogen) atoms. The van der Waals surface area contributed by atoms with Crippen molar-refractivity contribution in [2.24, 2.45) is 10.8 Å². The normalized spacial score (nSPS) is 11.3. The third-order valence-corrected chi connectivity index (χ3v) is 1.45. The molecule has 0 radical (unpaired) electrons. The van der Waals surface area contributed by atoms with Crippen molar-refractivity contribution in [1.82, 2.24) is 0 Å². The molecule has 0 fully saturated rings. The standard InChI is InChI=1S/2C5H10O2/c2*1-5(2,3-6)4-7/h2*3,7H,4H2,1-2H3. The van der Waals surface area contributed by atoms with Crippen molar-refractivity contribution >= 4 is 12.6 Å². The molecule has 0 rings (SSSR count). The van der Waals surface area contributed by atoms with Crippen molar-refractivity contribution in [3.8, 4) is 0 Å². The summed E-state index contributed by atoms with van der Waals surface area (Å²) in [7, 11) is 0. The van der Waals surface area contributed by atoms with E-state index in [2.05, 4.69) is 0 Å². The number of hydrogen-bond acceptors (Lipinski definition) is 4.